The first-order valence-electron chi connectivity index (χ1n) is 12.7. The van der Waals surface area contributed by atoms with Crippen LogP contribution >= 0.6 is 34.8 Å². The zero-order chi connectivity index (χ0) is 29.6. The minimum Gasteiger partial charge on any atom is -0.354 e. The van der Waals surface area contributed by atoms with Crippen LogP contribution in [0.25, 0.3) is 0 Å². The number of nitrogens with zero attached hydrogens (tertiary/aromatic N) is 2. The highest BCUT2D eigenvalue weighted by atomic mass is 35.5. The summed E-state index contributed by atoms with van der Waals surface area (Å²) in [6.07, 6.45) is 0.720. The summed E-state index contributed by atoms with van der Waals surface area (Å²) in [6.45, 7) is 7.00. The van der Waals surface area contributed by atoms with Gasteiger partial charge in [-0.2, -0.15) is 0 Å². The van der Waals surface area contributed by atoms with Crippen molar-refractivity contribution in [1.29, 1.82) is 0 Å². The van der Waals surface area contributed by atoms with Gasteiger partial charge in [-0.15, -0.1) is 0 Å². The van der Waals surface area contributed by atoms with E-state index >= 15 is 0 Å². The fraction of sp³-hybridized carbons (Fsp3) is 0.310. The molecule has 0 aliphatic carbocycles. The van der Waals surface area contributed by atoms with Gasteiger partial charge in [0, 0.05) is 18.1 Å². The molecule has 3 aromatic carbocycles. The summed E-state index contributed by atoms with van der Waals surface area (Å²) in [7, 11) is -4.18. The van der Waals surface area contributed by atoms with Gasteiger partial charge in [-0.05, 0) is 80.8 Å². The summed E-state index contributed by atoms with van der Waals surface area (Å²) in [5.74, 6) is -0.930. The fourth-order valence-corrected chi connectivity index (χ4v) is 6.09. The number of nitrogens with one attached hydrogen (secondary N) is 1. The van der Waals surface area contributed by atoms with E-state index < -0.39 is 28.5 Å². The van der Waals surface area contributed by atoms with E-state index in [0.717, 1.165) is 16.3 Å². The first-order valence-corrected chi connectivity index (χ1v) is 15.3. The lowest BCUT2D eigenvalue weighted by Gasteiger charge is -2.32. The molecule has 0 fully saturated rings. The lowest BCUT2D eigenvalue weighted by Crippen LogP contribution is -2.51. The first-order chi connectivity index (χ1) is 18.8. The van der Waals surface area contributed by atoms with Crippen LogP contribution in [0.1, 0.15) is 37.0 Å². The van der Waals surface area contributed by atoms with Crippen LogP contribution < -0.4 is 9.62 Å². The molecule has 1 unspecified atom stereocenters. The second-order valence-electron chi connectivity index (χ2n) is 9.49. The quantitative estimate of drug-likeness (QED) is 0.267. The van der Waals surface area contributed by atoms with E-state index in [1.165, 1.54) is 17.0 Å². The molecule has 0 aliphatic rings. The van der Waals surface area contributed by atoms with Crippen LogP contribution in [0.3, 0.4) is 0 Å². The lowest BCUT2D eigenvalue weighted by atomic mass is 10.1. The molecule has 0 aromatic heterocycles. The summed E-state index contributed by atoms with van der Waals surface area (Å²) in [4.78, 5) is 28.3. The van der Waals surface area contributed by atoms with Crippen LogP contribution in [0.4, 0.5) is 5.69 Å². The average molecular weight is 625 g/mol. The molecule has 40 heavy (non-hydrogen) atoms. The van der Waals surface area contributed by atoms with Gasteiger partial charge >= 0.3 is 0 Å². The summed E-state index contributed by atoms with van der Waals surface area (Å²) in [5.41, 5.74) is 2.40. The number of hydrogen-bond acceptors (Lipinski definition) is 4. The normalized spacial score (nSPS) is 12.1. The number of anilines is 1. The maximum Gasteiger partial charge on any atom is 0.264 e. The van der Waals surface area contributed by atoms with Gasteiger partial charge in [-0.3, -0.25) is 13.9 Å². The van der Waals surface area contributed by atoms with E-state index in [1.807, 2.05) is 13.8 Å². The van der Waals surface area contributed by atoms with Crippen LogP contribution in [0, 0.1) is 13.8 Å². The summed E-state index contributed by atoms with van der Waals surface area (Å²) >= 11 is 18.4. The van der Waals surface area contributed by atoms with Gasteiger partial charge in [0.25, 0.3) is 10.0 Å². The van der Waals surface area contributed by atoms with E-state index in [0.29, 0.717) is 38.4 Å². The Balaban J connectivity index is 2.06. The van der Waals surface area contributed by atoms with Crippen LogP contribution in [0.15, 0.2) is 65.6 Å². The zero-order valence-electron chi connectivity index (χ0n) is 22.7. The summed E-state index contributed by atoms with van der Waals surface area (Å²) in [6, 6.07) is 15.2. The number of carbonyl (C=O) groups excluding carboxylic acids is 2. The third-order valence-electron chi connectivity index (χ3n) is 6.37. The van der Waals surface area contributed by atoms with E-state index in [-0.39, 0.29) is 17.3 Å². The number of aryl methyl sites for hydroxylation is 2. The average Bonchev–Trinajstić information content (AvgIpc) is 2.91. The van der Waals surface area contributed by atoms with Crippen molar-refractivity contribution in [2.24, 2.45) is 0 Å². The Morgan fingerprint density at radius 3 is 2.20 bits per heavy atom. The number of rotatable bonds is 11. The Bertz CT molecular complexity index is 1480. The minimum atomic E-state index is -4.18. The smallest absolute Gasteiger partial charge is 0.264 e. The number of halogens is 3. The van der Waals surface area contributed by atoms with Crippen LogP contribution in [-0.4, -0.2) is 44.3 Å². The van der Waals surface area contributed by atoms with Crippen molar-refractivity contribution in [3.8, 4) is 0 Å². The monoisotopic (exact) mass is 623 g/mol. The highest BCUT2D eigenvalue weighted by Gasteiger charge is 2.33. The molecular formula is C29H32Cl3N3O4S. The molecule has 214 valence electrons. The number of carbonyl (C=O) groups is 2. The van der Waals surface area contributed by atoms with E-state index in [2.05, 4.69) is 5.32 Å². The highest BCUT2D eigenvalue weighted by Crippen LogP contribution is 2.30. The van der Waals surface area contributed by atoms with Crippen LogP contribution in [0.2, 0.25) is 15.1 Å². The number of amides is 2. The largest absolute Gasteiger partial charge is 0.354 e. The predicted octanol–water partition coefficient (Wildman–Crippen LogP) is 6.40. The Labute approximate surface area is 251 Å². The fourth-order valence-electron chi connectivity index (χ4n) is 4.06. The first kappa shape index (κ1) is 31.7. The molecule has 0 bridgehead atoms. The molecule has 3 rings (SSSR count). The molecule has 1 atom stereocenters. The molecule has 0 saturated heterocycles. The second kappa shape index (κ2) is 13.7. The molecule has 0 aliphatic heterocycles. The predicted molar refractivity (Wildman–Crippen MR) is 162 cm³/mol. The molecule has 3 aromatic rings. The van der Waals surface area contributed by atoms with Gasteiger partial charge in [0.1, 0.15) is 12.6 Å². The number of benzene rings is 3. The van der Waals surface area contributed by atoms with Crippen LogP contribution in [0.5, 0.6) is 0 Å². The van der Waals surface area contributed by atoms with E-state index in [4.69, 9.17) is 34.8 Å². The second-order valence-corrected chi connectivity index (χ2v) is 12.6. The van der Waals surface area contributed by atoms with Crippen molar-refractivity contribution in [1.82, 2.24) is 10.2 Å². The van der Waals surface area contributed by atoms with Crippen LogP contribution in [-0.2, 0) is 26.2 Å². The SMILES string of the molecule is CCCNC(=O)C(C)N(Cc1ccc(Cl)c(Cl)c1)C(=O)CN(c1ccc(Cl)cc1C)S(=O)(=O)c1ccc(C)cc1. The molecule has 11 heteroatoms. The van der Waals surface area contributed by atoms with Crippen molar-refractivity contribution < 1.29 is 18.0 Å². The standard InChI is InChI=1S/C29H32Cl3N3O4S/c1-5-14-33-29(37)21(4)34(17-22-8-12-25(31)26(32)16-22)28(36)18-35(27-13-9-23(30)15-20(27)3)40(38,39)24-10-6-19(2)7-11-24/h6-13,15-16,21H,5,14,17-18H2,1-4H3,(H,33,37). The Kier molecular flexibility index (Phi) is 10.9. The third kappa shape index (κ3) is 7.69. The molecule has 0 saturated carbocycles. The molecular weight excluding hydrogens is 593 g/mol. The maximum atomic E-state index is 14.0. The van der Waals surface area contributed by atoms with Crippen molar-refractivity contribution >= 4 is 62.3 Å². The molecule has 1 N–H and O–H groups in total. The molecule has 2 amide bonds. The van der Waals surface area contributed by atoms with E-state index in [9.17, 15) is 18.0 Å². The Morgan fingerprint density at radius 1 is 0.925 bits per heavy atom. The topological polar surface area (TPSA) is 86.8 Å². The maximum absolute atomic E-state index is 14.0. The van der Waals surface area contributed by atoms with Gasteiger partial charge in [0.15, 0.2) is 0 Å². The number of sulfonamides is 1. The van der Waals surface area contributed by atoms with Crippen molar-refractivity contribution in [2.45, 2.75) is 51.6 Å². The minimum absolute atomic E-state index is 0.00839. The Hall–Kier alpha value is -2.78. The summed E-state index contributed by atoms with van der Waals surface area (Å²) < 4.78 is 28.9. The Morgan fingerprint density at radius 2 is 1.60 bits per heavy atom. The van der Waals surface area contributed by atoms with Crippen molar-refractivity contribution in [3.63, 3.8) is 0 Å². The number of hydrogen-bond donors (Lipinski definition) is 1. The molecule has 0 spiro atoms. The molecule has 0 radical (unpaired) electrons. The van der Waals surface area contributed by atoms with Gasteiger partial charge in [-0.1, -0.05) is 65.5 Å². The van der Waals surface area contributed by atoms with Crippen molar-refractivity contribution in [3.05, 3.63) is 92.4 Å². The van der Waals surface area contributed by atoms with Gasteiger partial charge in [0.05, 0.1) is 20.6 Å². The lowest BCUT2D eigenvalue weighted by molar-refractivity contribution is -0.139. The summed E-state index contributed by atoms with van der Waals surface area (Å²) in [5, 5.41) is 3.90. The van der Waals surface area contributed by atoms with Gasteiger partial charge in [0.2, 0.25) is 11.8 Å². The van der Waals surface area contributed by atoms with Gasteiger partial charge in [-0.25, -0.2) is 8.42 Å². The van der Waals surface area contributed by atoms with Gasteiger partial charge < -0.3 is 10.2 Å². The molecule has 0 heterocycles. The highest BCUT2D eigenvalue weighted by molar-refractivity contribution is 7.92. The third-order valence-corrected chi connectivity index (χ3v) is 9.12. The van der Waals surface area contributed by atoms with E-state index in [1.54, 1.807) is 62.4 Å². The molecule has 7 nitrogen and oxygen atoms in total. The van der Waals surface area contributed by atoms with Crippen molar-refractivity contribution in [2.75, 3.05) is 17.4 Å². The zero-order valence-corrected chi connectivity index (χ0v) is 25.8.